The van der Waals surface area contributed by atoms with Crippen LogP contribution in [-0.2, 0) is 16.9 Å². The molecule has 6 heteroatoms. The average molecular weight is 452 g/mol. The molecule has 3 aromatic rings. The Balaban J connectivity index is 1.52. The number of carboxylic acid groups (broad SMARTS) is 1. The third-order valence-electron chi connectivity index (χ3n) is 6.65. The van der Waals surface area contributed by atoms with E-state index in [4.69, 9.17) is 9.84 Å². The molecule has 0 aliphatic heterocycles. The number of thiazole rings is 1. The highest BCUT2D eigenvalue weighted by Crippen LogP contribution is 2.46. The molecule has 2 N–H and O–H groups in total. The first kappa shape index (κ1) is 22.5. The molecular weight excluding hydrogens is 422 g/mol. The van der Waals surface area contributed by atoms with Crippen molar-refractivity contribution in [3.63, 3.8) is 0 Å². The van der Waals surface area contributed by atoms with Crippen LogP contribution < -0.4 is 0 Å². The minimum absolute atomic E-state index is 0.0968. The van der Waals surface area contributed by atoms with Crippen molar-refractivity contribution in [2.45, 2.75) is 57.7 Å². The monoisotopic (exact) mass is 451 g/mol. The van der Waals surface area contributed by atoms with Crippen LogP contribution in [0.15, 0.2) is 54.2 Å². The highest BCUT2D eigenvalue weighted by atomic mass is 32.1. The van der Waals surface area contributed by atoms with Crippen LogP contribution in [0.25, 0.3) is 11.1 Å². The molecule has 4 rings (SSSR count). The van der Waals surface area contributed by atoms with E-state index >= 15 is 0 Å². The van der Waals surface area contributed by atoms with Crippen LogP contribution in [-0.4, -0.2) is 21.2 Å². The lowest BCUT2D eigenvalue weighted by atomic mass is 9.74. The molecule has 2 aromatic carbocycles. The van der Waals surface area contributed by atoms with Gasteiger partial charge in [0.1, 0.15) is 16.9 Å². The standard InChI is InChI=1S/C26H29NO4S/c1-2-26(24-15-27-17-32-24,21-6-4-3-5-7-21)31-16-18-8-10-19(11-9-18)20-12-13-22(25(29)30)23(28)14-20/h8-15,17,21,28H,2-7,16H2,1H3,(H,29,30). The van der Waals surface area contributed by atoms with Crippen LogP contribution in [0.1, 0.15) is 66.2 Å². The van der Waals surface area contributed by atoms with Gasteiger partial charge in [0, 0.05) is 6.20 Å². The molecule has 1 aromatic heterocycles. The summed E-state index contributed by atoms with van der Waals surface area (Å²) in [5, 5.41) is 19.1. The zero-order valence-corrected chi connectivity index (χ0v) is 19.1. The van der Waals surface area contributed by atoms with Crippen LogP contribution in [0, 0.1) is 5.92 Å². The molecule has 32 heavy (non-hydrogen) atoms. The highest BCUT2D eigenvalue weighted by molar-refractivity contribution is 7.09. The molecule has 1 aliphatic rings. The van der Waals surface area contributed by atoms with E-state index in [-0.39, 0.29) is 16.9 Å². The maximum absolute atomic E-state index is 11.1. The van der Waals surface area contributed by atoms with E-state index in [0.717, 1.165) is 23.1 Å². The molecule has 1 aliphatic carbocycles. The van der Waals surface area contributed by atoms with Gasteiger partial charge in [0.25, 0.3) is 0 Å². The molecule has 168 valence electrons. The summed E-state index contributed by atoms with van der Waals surface area (Å²) in [4.78, 5) is 16.7. The summed E-state index contributed by atoms with van der Waals surface area (Å²) in [6, 6.07) is 12.7. The lowest BCUT2D eigenvalue weighted by Gasteiger charge is -2.41. The fourth-order valence-electron chi connectivity index (χ4n) is 4.85. The van der Waals surface area contributed by atoms with Crippen molar-refractivity contribution in [2.75, 3.05) is 0 Å². The number of carbonyl (C=O) groups is 1. The van der Waals surface area contributed by atoms with E-state index < -0.39 is 5.97 Å². The Bertz CT molecular complexity index is 1040. The number of benzene rings is 2. The predicted molar refractivity (Wildman–Crippen MR) is 126 cm³/mol. The number of aromatic hydroxyl groups is 1. The summed E-state index contributed by atoms with van der Waals surface area (Å²) < 4.78 is 6.72. The number of nitrogens with zero attached hydrogens (tertiary/aromatic N) is 1. The van der Waals surface area contributed by atoms with Crippen molar-refractivity contribution in [3.05, 3.63) is 70.2 Å². The fourth-order valence-corrected chi connectivity index (χ4v) is 5.77. The summed E-state index contributed by atoms with van der Waals surface area (Å²) in [5.41, 5.74) is 4.27. The summed E-state index contributed by atoms with van der Waals surface area (Å²) in [7, 11) is 0. The number of aromatic carboxylic acids is 1. The molecule has 1 saturated carbocycles. The molecule has 0 amide bonds. The maximum Gasteiger partial charge on any atom is 0.339 e. The smallest absolute Gasteiger partial charge is 0.339 e. The SMILES string of the molecule is CCC(OCc1ccc(-c2ccc(C(=O)O)c(O)c2)cc1)(c1cncs1)C1CCCCC1. The lowest BCUT2D eigenvalue weighted by Crippen LogP contribution is -2.38. The van der Waals surface area contributed by atoms with E-state index in [1.807, 2.05) is 36.0 Å². The van der Waals surface area contributed by atoms with Crippen molar-refractivity contribution < 1.29 is 19.7 Å². The van der Waals surface area contributed by atoms with Gasteiger partial charge in [-0.05, 0) is 54.0 Å². The van der Waals surface area contributed by atoms with Crippen LogP contribution in [0.5, 0.6) is 5.75 Å². The Morgan fingerprint density at radius 1 is 1.12 bits per heavy atom. The summed E-state index contributed by atoms with van der Waals surface area (Å²) >= 11 is 1.69. The Hall–Kier alpha value is -2.70. The van der Waals surface area contributed by atoms with Gasteiger partial charge in [-0.2, -0.15) is 0 Å². The minimum Gasteiger partial charge on any atom is -0.507 e. The van der Waals surface area contributed by atoms with Crippen molar-refractivity contribution in [2.24, 2.45) is 5.92 Å². The second-order valence-electron chi connectivity index (χ2n) is 8.47. The van der Waals surface area contributed by atoms with Gasteiger partial charge < -0.3 is 14.9 Å². The van der Waals surface area contributed by atoms with Gasteiger partial charge in [-0.15, -0.1) is 11.3 Å². The van der Waals surface area contributed by atoms with Crippen LogP contribution in [0.2, 0.25) is 0 Å². The van der Waals surface area contributed by atoms with Gasteiger partial charge in [0.15, 0.2) is 0 Å². The molecule has 1 unspecified atom stereocenters. The Kier molecular flexibility index (Phi) is 6.92. The van der Waals surface area contributed by atoms with Crippen molar-refractivity contribution in [3.8, 4) is 16.9 Å². The normalized spacial score (nSPS) is 16.5. The molecule has 0 radical (unpaired) electrons. The number of carboxylic acids is 1. The van der Waals surface area contributed by atoms with Crippen LogP contribution >= 0.6 is 11.3 Å². The van der Waals surface area contributed by atoms with Crippen LogP contribution in [0.3, 0.4) is 0 Å². The molecular formula is C26H29NO4S. The molecule has 1 heterocycles. The molecule has 1 fully saturated rings. The lowest BCUT2D eigenvalue weighted by molar-refractivity contribution is -0.113. The Labute approximate surface area is 192 Å². The number of hydrogen-bond donors (Lipinski definition) is 2. The van der Waals surface area contributed by atoms with Crippen molar-refractivity contribution in [1.29, 1.82) is 0 Å². The third kappa shape index (κ3) is 4.57. The molecule has 1 atom stereocenters. The second kappa shape index (κ2) is 9.84. The van der Waals surface area contributed by atoms with Crippen molar-refractivity contribution >= 4 is 17.3 Å². The fraction of sp³-hybridized carbons (Fsp3) is 0.385. The minimum atomic E-state index is -1.14. The highest BCUT2D eigenvalue weighted by Gasteiger charge is 2.41. The average Bonchev–Trinajstić information content (AvgIpc) is 3.36. The van der Waals surface area contributed by atoms with Gasteiger partial charge >= 0.3 is 5.97 Å². The van der Waals surface area contributed by atoms with Gasteiger partial charge in [-0.1, -0.05) is 56.5 Å². The largest absolute Gasteiger partial charge is 0.507 e. The van der Waals surface area contributed by atoms with Crippen LogP contribution in [0.4, 0.5) is 0 Å². The second-order valence-corrected chi connectivity index (χ2v) is 9.35. The molecule has 0 bridgehead atoms. The summed E-state index contributed by atoms with van der Waals surface area (Å²) in [6.07, 6.45) is 9.12. The number of ether oxygens (including phenoxy) is 1. The van der Waals surface area contributed by atoms with E-state index in [9.17, 15) is 9.90 Å². The quantitative estimate of drug-likeness (QED) is 0.402. The first-order valence-corrected chi connectivity index (χ1v) is 12.1. The van der Waals surface area contributed by atoms with Gasteiger partial charge in [0.05, 0.1) is 17.0 Å². The topological polar surface area (TPSA) is 79.7 Å². The summed E-state index contributed by atoms with van der Waals surface area (Å²) in [5.74, 6) is -0.858. The van der Waals surface area contributed by atoms with Gasteiger partial charge in [0.2, 0.25) is 0 Å². The van der Waals surface area contributed by atoms with E-state index in [1.165, 1.54) is 49.1 Å². The zero-order valence-electron chi connectivity index (χ0n) is 18.3. The number of hydrogen-bond acceptors (Lipinski definition) is 5. The number of phenols is 1. The van der Waals surface area contributed by atoms with Crippen molar-refractivity contribution in [1.82, 2.24) is 4.98 Å². The molecule has 5 nitrogen and oxygen atoms in total. The Morgan fingerprint density at radius 2 is 1.84 bits per heavy atom. The number of aromatic nitrogens is 1. The van der Waals surface area contributed by atoms with Gasteiger partial charge in [-0.25, -0.2) is 4.79 Å². The van der Waals surface area contributed by atoms with E-state index in [2.05, 4.69) is 11.9 Å². The third-order valence-corrected chi connectivity index (χ3v) is 7.58. The maximum atomic E-state index is 11.1. The number of rotatable bonds is 8. The molecule has 0 spiro atoms. The Morgan fingerprint density at radius 3 is 2.44 bits per heavy atom. The first-order chi connectivity index (χ1) is 15.5. The summed E-state index contributed by atoms with van der Waals surface area (Å²) in [6.45, 7) is 2.73. The van der Waals surface area contributed by atoms with Gasteiger partial charge in [-0.3, -0.25) is 4.98 Å². The van der Waals surface area contributed by atoms with E-state index in [1.54, 1.807) is 17.4 Å². The van der Waals surface area contributed by atoms with E-state index in [0.29, 0.717) is 12.5 Å². The zero-order chi connectivity index (χ0) is 22.6. The molecule has 0 saturated heterocycles. The predicted octanol–water partition coefficient (Wildman–Crippen LogP) is 6.62. The first-order valence-electron chi connectivity index (χ1n) is 11.2.